The van der Waals surface area contributed by atoms with Gasteiger partial charge in [-0.3, -0.25) is 0 Å². The molecule has 1 unspecified atom stereocenters. The van der Waals surface area contributed by atoms with E-state index in [1.807, 2.05) is 43.3 Å². The fourth-order valence-corrected chi connectivity index (χ4v) is 2.08. The number of oxazole rings is 1. The highest BCUT2D eigenvalue weighted by Crippen LogP contribution is 2.26. The van der Waals surface area contributed by atoms with Crippen LogP contribution in [0.2, 0.25) is 5.02 Å². The third-order valence-electron chi connectivity index (χ3n) is 3.11. The van der Waals surface area contributed by atoms with Gasteiger partial charge in [0.15, 0.2) is 0 Å². The van der Waals surface area contributed by atoms with Crippen molar-refractivity contribution in [3.05, 3.63) is 46.8 Å². The predicted molar refractivity (Wildman–Crippen MR) is 77.5 cm³/mol. The number of halogens is 1. The van der Waals surface area contributed by atoms with Crippen LogP contribution < -0.4 is 10.2 Å². The maximum Gasteiger partial charge on any atom is 0.297 e. The highest BCUT2D eigenvalue weighted by Gasteiger charge is 2.17. The van der Waals surface area contributed by atoms with Gasteiger partial charge in [-0.15, -0.1) is 0 Å². The Labute approximate surface area is 118 Å². The van der Waals surface area contributed by atoms with Crippen LogP contribution in [0.3, 0.4) is 0 Å². The Bertz CT molecular complexity index is 541. The minimum Gasteiger partial charge on any atom is -0.432 e. The Morgan fingerprint density at radius 2 is 2.26 bits per heavy atom. The Hall–Kier alpha value is -1.52. The van der Waals surface area contributed by atoms with E-state index in [4.69, 9.17) is 16.0 Å². The molecule has 1 aromatic heterocycles. The largest absolute Gasteiger partial charge is 0.432 e. The Kier molecular flexibility index (Phi) is 4.45. The Morgan fingerprint density at radius 1 is 1.47 bits per heavy atom. The zero-order valence-electron chi connectivity index (χ0n) is 11.4. The summed E-state index contributed by atoms with van der Waals surface area (Å²) in [4.78, 5) is 6.42. The molecule has 0 saturated heterocycles. The van der Waals surface area contributed by atoms with Gasteiger partial charge in [-0.25, -0.2) is 0 Å². The fourth-order valence-electron chi connectivity index (χ4n) is 1.88. The molecule has 0 aliphatic rings. The number of hydrogen-bond donors (Lipinski definition) is 1. The van der Waals surface area contributed by atoms with Gasteiger partial charge in [-0.2, -0.15) is 4.98 Å². The number of hydrogen-bond acceptors (Lipinski definition) is 4. The van der Waals surface area contributed by atoms with Crippen molar-refractivity contribution >= 4 is 17.6 Å². The number of aromatic nitrogens is 1. The predicted octanol–water partition coefficient (Wildman–Crippen LogP) is 3.24. The molecule has 4 nitrogen and oxygen atoms in total. The molecule has 102 valence electrons. The lowest BCUT2D eigenvalue weighted by atomic mass is 10.1. The minimum atomic E-state index is 0.139. The lowest BCUT2D eigenvalue weighted by Crippen LogP contribution is -2.22. The summed E-state index contributed by atoms with van der Waals surface area (Å²) in [6.07, 6.45) is 1.67. The van der Waals surface area contributed by atoms with Crippen molar-refractivity contribution in [2.24, 2.45) is 0 Å². The molecule has 0 spiro atoms. The maximum absolute atomic E-state index is 6.02. The molecule has 0 aliphatic carbocycles. The number of anilines is 1. The fraction of sp³-hybridized carbons (Fsp3) is 0.357. The molecule has 0 saturated carbocycles. The van der Waals surface area contributed by atoms with E-state index >= 15 is 0 Å². The highest BCUT2D eigenvalue weighted by atomic mass is 35.5. The highest BCUT2D eigenvalue weighted by molar-refractivity contribution is 6.30. The second kappa shape index (κ2) is 6.08. The monoisotopic (exact) mass is 279 g/mol. The molecule has 1 heterocycles. The average molecular weight is 280 g/mol. The molecule has 5 heteroatoms. The second-order valence-corrected chi connectivity index (χ2v) is 4.93. The van der Waals surface area contributed by atoms with E-state index in [2.05, 4.69) is 17.2 Å². The van der Waals surface area contributed by atoms with Crippen LogP contribution in [0.1, 0.15) is 24.2 Å². The molecular formula is C14H18ClN3O. The van der Waals surface area contributed by atoms with E-state index in [0.717, 1.165) is 16.3 Å². The van der Waals surface area contributed by atoms with E-state index in [-0.39, 0.29) is 6.04 Å². The van der Waals surface area contributed by atoms with Crippen LogP contribution in [0.25, 0.3) is 0 Å². The van der Waals surface area contributed by atoms with Gasteiger partial charge < -0.3 is 14.6 Å². The zero-order valence-corrected chi connectivity index (χ0v) is 12.1. The molecular weight excluding hydrogens is 262 g/mol. The van der Waals surface area contributed by atoms with Gasteiger partial charge in [0, 0.05) is 18.6 Å². The average Bonchev–Trinajstić information content (AvgIpc) is 2.86. The molecule has 0 aliphatic heterocycles. The van der Waals surface area contributed by atoms with E-state index in [0.29, 0.717) is 12.6 Å². The third-order valence-corrected chi connectivity index (χ3v) is 3.35. The smallest absolute Gasteiger partial charge is 0.297 e. The Balaban J connectivity index is 2.15. The van der Waals surface area contributed by atoms with Gasteiger partial charge in [0.05, 0.1) is 11.7 Å². The van der Waals surface area contributed by atoms with Gasteiger partial charge in [0.2, 0.25) is 0 Å². The summed E-state index contributed by atoms with van der Waals surface area (Å²) in [5.41, 5.74) is 2.02. The summed E-state index contributed by atoms with van der Waals surface area (Å²) >= 11 is 6.02. The van der Waals surface area contributed by atoms with Crippen LogP contribution in [-0.4, -0.2) is 19.1 Å². The van der Waals surface area contributed by atoms with E-state index in [9.17, 15) is 0 Å². The number of nitrogens with zero attached hydrogens (tertiary/aromatic N) is 2. The normalized spacial score (nSPS) is 12.4. The number of benzene rings is 1. The first-order chi connectivity index (χ1) is 9.11. The quantitative estimate of drug-likeness (QED) is 0.912. The van der Waals surface area contributed by atoms with Gasteiger partial charge in [0.25, 0.3) is 6.01 Å². The van der Waals surface area contributed by atoms with Crippen LogP contribution in [0.5, 0.6) is 0 Å². The number of rotatable bonds is 5. The maximum atomic E-state index is 6.02. The van der Waals surface area contributed by atoms with Crippen molar-refractivity contribution in [1.82, 2.24) is 10.3 Å². The van der Waals surface area contributed by atoms with Crippen LogP contribution in [0, 0.1) is 0 Å². The first-order valence-electron chi connectivity index (χ1n) is 6.19. The van der Waals surface area contributed by atoms with E-state index in [1.165, 1.54) is 0 Å². The summed E-state index contributed by atoms with van der Waals surface area (Å²) in [6, 6.07) is 8.57. The van der Waals surface area contributed by atoms with Crippen molar-refractivity contribution < 1.29 is 4.42 Å². The minimum absolute atomic E-state index is 0.139. The van der Waals surface area contributed by atoms with Crippen LogP contribution in [0.15, 0.2) is 34.9 Å². The first kappa shape index (κ1) is 13.9. The zero-order chi connectivity index (χ0) is 13.8. The molecule has 19 heavy (non-hydrogen) atoms. The van der Waals surface area contributed by atoms with Gasteiger partial charge in [-0.1, -0.05) is 23.7 Å². The molecule has 1 atom stereocenters. The third kappa shape index (κ3) is 3.28. The van der Waals surface area contributed by atoms with Gasteiger partial charge in [0.1, 0.15) is 6.26 Å². The second-order valence-electron chi connectivity index (χ2n) is 4.49. The molecule has 0 radical (unpaired) electrons. The molecule has 2 aromatic rings. The lowest BCUT2D eigenvalue weighted by molar-refractivity contribution is 0.525. The van der Waals surface area contributed by atoms with E-state index in [1.54, 1.807) is 6.26 Å². The lowest BCUT2D eigenvalue weighted by Gasteiger charge is -2.23. The molecule has 0 bridgehead atoms. The van der Waals surface area contributed by atoms with Gasteiger partial charge in [-0.05, 0) is 31.7 Å². The SMILES string of the molecule is CNCc1coc(N(C)C(C)c2cccc(Cl)c2)n1. The summed E-state index contributed by atoms with van der Waals surface area (Å²) in [6.45, 7) is 2.79. The van der Waals surface area contributed by atoms with Crippen molar-refractivity contribution in [2.75, 3.05) is 19.0 Å². The molecule has 0 amide bonds. The van der Waals surface area contributed by atoms with Gasteiger partial charge >= 0.3 is 0 Å². The topological polar surface area (TPSA) is 41.3 Å². The summed E-state index contributed by atoms with van der Waals surface area (Å²) in [5.74, 6) is 0. The van der Waals surface area contributed by atoms with Crippen LogP contribution >= 0.6 is 11.6 Å². The summed E-state index contributed by atoms with van der Waals surface area (Å²) in [5, 5.41) is 3.78. The van der Waals surface area contributed by atoms with E-state index < -0.39 is 0 Å². The molecule has 0 fully saturated rings. The first-order valence-corrected chi connectivity index (χ1v) is 6.57. The van der Waals surface area contributed by atoms with Crippen molar-refractivity contribution in [1.29, 1.82) is 0 Å². The molecule has 1 N–H and O–H groups in total. The van der Waals surface area contributed by atoms with Crippen molar-refractivity contribution in [3.63, 3.8) is 0 Å². The molecule has 2 rings (SSSR count). The summed E-state index contributed by atoms with van der Waals surface area (Å²) in [7, 11) is 3.84. The van der Waals surface area contributed by atoms with Crippen LogP contribution in [-0.2, 0) is 6.54 Å². The van der Waals surface area contributed by atoms with Crippen LogP contribution in [0.4, 0.5) is 6.01 Å². The standard InChI is InChI=1S/C14H18ClN3O/c1-10(11-5-4-6-12(15)7-11)18(3)14-17-13(8-16-2)9-19-14/h4-7,9-10,16H,8H2,1-3H3. The Morgan fingerprint density at radius 3 is 2.95 bits per heavy atom. The van der Waals surface area contributed by atoms with Crippen molar-refractivity contribution in [2.45, 2.75) is 19.5 Å². The van der Waals surface area contributed by atoms with Crippen molar-refractivity contribution in [3.8, 4) is 0 Å². The summed E-state index contributed by atoms with van der Waals surface area (Å²) < 4.78 is 5.49. The molecule has 1 aromatic carbocycles. The number of nitrogens with one attached hydrogen (secondary N) is 1.